The van der Waals surface area contributed by atoms with Crippen LogP contribution < -0.4 is 10.9 Å². The van der Waals surface area contributed by atoms with Gasteiger partial charge in [0.05, 0.1) is 10.8 Å². The Morgan fingerprint density at radius 2 is 1.62 bits per heavy atom. The van der Waals surface area contributed by atoms with Gasteiger partial charge in [-0.25, -0.2) is 13.6 Å². The summed E-state index contributed by atoms with van der Waals surface area (Å²) in [5.41, 5.74) is 7.28. The van der Waals surface area contributed by atoms with Gasteiger partial charge in [0, 0.05) is 5.56 Å². The first-order chi connectivity index (χ1) is 9.80. The minimum Gasteiger partial charge on any atom is -0.369 e. The molecular weight excluding hydrogens is 288 g/mol. The third kappa shape index (κ3) is 3.29. The van der Waals surface area contributed by atoms with E-state index in [1.165, 1.54) is 6.07 Å². The molecule has 0 aromatic heterocycles. The number of nitrogens with two attached hydrogens (primary N) is 2. The minimum atomic E-state index is -3.80. The molecule has 0 aliphatic heterocycles. The van der Waals surface area contributed by atoms with E-state index in [2.05, 4.69) is 0 Å². The van der Waals surface area contributed by atoms with Crippen molar-refractivity contribution in [3.63, 3.8) is 0 Å². The Labute approximate surface area is 123 Å². The lowest BCUT2D eigenvalue weighted by molar-refractivity contribution is -0.119. The Morgan fingerprint density at radius 3 is 2.14 bits per heavy atom. The number of primary sulfonamides is 1. The number of carbonyl (C=O) groups excluding carboxylic acids is 1. The molecule has 0 bridgehead atoms. The normalized spacial score (nSPS) is 12.9. The second kappa shape index (κ2) is 5.67. The third-order valence-electron chi connectivity index (χ3n) is 3.34. The molecule has 0 radical (unpaired) electrons. The Balaban J connectivity index is 2.48. The molecule has 4 N–H and O–H groups in total. The smallest absolute Gasteiger partial charge is 0.238 e. The topological polar surface area (TPSA) is 103 Å². The number of hydrogen-bond donors (Lipinski definition) is 2. The monoisotopic (exact) mass is 304 g/mol. The molecule has 0 fully saturated rings. The molecule has 1 unspecified atom stereocenters. The number of hydrogen-bond acceptors (Lipinski definition) is 3. The standard InChI is InChI=1S/C15H16N2O3S/c1-10(15(16)18)11-6-8-12(9-7-11)13-4-2-3-5-14(13)21(17,19)20/h2-10H,1H3,(H2,16,18)(H2,17,19,20). The van der Waals surface area contributed by atoms with Gasteiger partial charge in [-0.05, 0) is 24.1 Å². The number of carbonyl (C=O) groups is 1. The molecule has 0 aliphatic rings. The fraction of sp³-hybridized carbons (Fsp3) is 0.133. The van der Waals surface area contributed by atoms with Gasteiger partial charge in [-0.1, -0.05) is 42.5 Å². The van der Waals surface area contributed by atoms with E-state index in [1.807, 2.05) is 0 Å². The molecule has 0 saturated heterocycles. The molecular formula is C15H16N2O3S. The maximum Gasteiger partial charge on any atom is 0.238 e. The first-order valence-electron chi connectivity index (χ1n) is 6.32. The zero-order valence-corrected chi connectivity index (χ0v) is 12.3. The molecule has 21 heavy (non-hydrogen) atoms. The number of benzene rings is 2. The first kappa shape index (κ1) is 15.2. The van der Waals surface area contributed by atoms with Gasteiger partial charge in [-0.2, -0.15) is 0 Å². The molecule has 110 valence electrons. The molecule has 2 rings (SSSR count). The van der Waals surface area contributed by atoms with Gasteiger partial charge in [0.15, 0.2) is 0 Å². The SMILES string of the molecule is CC(C(N)=O)c1ccc(-c2ccccc2S(N)(=O)=O)cc1. The number of amides is 1. The van der Waals surface area contributed by atoms with Gasteiger partial charge in [-0.3, -0.25) is 4.79 Å². The second-order valence-electron chi connectivity index (χ2n) is 4.79. The molecule has 2 aromatic rings. The van der Waals surface area contributed by atoms with Crippen molar-refractivity contribution in [1.29, 1.82) is 0 Å². The Hall–Kier alpha value is -2.18. The summed E-state index contributed by atoms with van der Waals surface area (Å²) < 4.78 is 23.2. The van der Waals surface area contributed by atoms with Crippen LogP contribution in [-0.2, 0) is 14.8 Å². The highest BCUT2D eigenvalue weighted by Crippen LogP contribution is 2.27. The van der Waals surface area contributed by atoms with Crippen LogP contribution in [0.2, 0.25) is 0 Å². The maximum atomic E-state index is 11.6. The average molecular weight is 304 g/mol. The van der Waals surface area contributed by atoms with Crippen LogP contribution in [0, 0.1) is 0 Å². The highest BCUT2D eigenvalue weighted by Gasteiger charge is 2.15. The van der Waals surface area contributed by atoms with Crippen LogP contribution in [0.25, 0.3) is 11.1 Å². The van der Waals surface area contributed by atoms with Crippen molar-refractivity contribution in [2.24, 2.45) is 10.9 Å². The molecule has 5 nitrogen and oxygen atoms in total. The summed E-state index contributed by atoms with van der Waals surface area (Å²) in [6.07, 6.45) is 0. The van der Waals surface area contributed by atoms with Crippen molar-refractivity contribution < 1.29 is 13.2 Å². The number of sulfonamides is 1. The van der Waals surface area contributed by atoms with E-state index in [4.69, 9.17) is 10.9 Å². The van der Waals surface area contributed by atoms with Gasteiger partial charge in [0.1, 0.15) is 0 Å². The van der Waals surface area contributed by atoms with Gasteiger partial charge in [-0.15, -0.1) is 0 Å². The fourth-order valence-electron chi connectivity index (χ4n) is 2.07. The average Bonchev–Trinajstić information content (AvgIpc) is 2.45. The summed E-state index contributed by atoms with van der Waals surface area (Å²) in [4.78, 5) is 11.2. The summed E-state index contributed by atoms with van der Waals surface area (Å²) in [6.45, 7) is 1.72. The maximum absolute atomic E-state index is 11.6. The van der Waals surface area contributed by atoms with Gasteiger partial charge in [0.25, 0.3) is 0 Å². The second-order valence-corrected chi connectivity index (χ2v) is 6.32. The van der Waals surface area contributed by atoms with Crippen LogP contribution in [0.3, 0.4) is 0 Å². The quantitative estimate of drug-likeness (QED) is 0.896. The number of primary amides is 1. The van der Waals surface area contributed by atoms with Crippen LogP contribution >= 0.6 is 0 Å². The minimum absolute atomic E-state index is 0.0701. The Kier molecular flexibility index (Phi) is 4.11. The molecule has 2 aromatic carbocycles. The van der Waals surface area contributed by atoms with E-state index >= 15 is 0 Å². The summed E-state index contributed by atoms with van der Waals surface area (Å²) >= 11 is 0. The molecule has 0 heterocycles. The van der Waals surface area contributed by atoms with E-state index in [0.717, 1.165) is 5.56 Å². The van der Waals surface area contributed by atoms with Gasteiger partial charge < -0.3 is 5.73 Å². The lowest BCUT2D eigenvalue weighted by atomic mass is 9.97. The molecule has 0 spiro atoms. The third-order valence-corrected chi connectivity index (χ3v) is 4.31. The van der Waals surface area contributed by atoms with Crippen LogP contribution in [0.1, 0.15) is 18.4 Å². The largest absolute Gasteiger partial charge is 0.369 e. The molecule has 6 heteroatoms. The van der Waals surface area contributed by atoms with E-state index in [1.54, 1.807) is 49.4 Å². The first-order valence-corrected chi connectivity index (χ1v) is 7.87. The molecule has 1 atom stereocenters. The molecule has 1 amide bonds. The lowest BCUT2D eigenvalue weighted by Crippen LogP contribution is -2.18. The molecule has 0 aliphatic carbocycles. The molecule has 0 saturated carbocycles. The fourth-order valence-corrected chi connectivity index (χ4v) is 2.83. The zero-order chi connectivity index (χ0) is 15.6. The zero-order valence-electron chi connectivity index (χ0n) is 11.5. The summed E-state index contributed by atoms with van der Waals surface area (Å²) in [7, 11) is -3.80. The highest BCUT2D eigenvalue weighted by atomic mass is 32.2. The summed E-state index contributed by atoms with van der Waals surface area (Å²) in [5.74, 6) is -0.805. The van der Waals surface area contributed by atoms with Crippen molar-refractivity contribution in [3.8, 4) is 11.1 Å². The van der Waals surface area contributed by atoms with Gasteiger partial charge in [0.2, 0.25) is 15.9 Å². The van der Waals surface area contributed by atoms with E-state index in [0.29, 0.717) is 11.1 Å². The van der Waals surface area contributed by atoms with Crippen LogP contribution in [0.4, 0.5) is 0 Å². The van der Waals surface area contributed by atoms with Crippen LogP contribution in [0.5, 0.6) is 0 Å². The highest BCUT2D eigenvalue weighted by molar-refractivity contribution is 7.89. The van der Waals surface area contributed by atoms with Crippen molar-refractivity contribution in [3.05, 3.63) is 54.1 Å². The van der Waals surface area contributed by atoms with Crippen molar-refractivity contribution in [1.82, 2.24) is 0 Å². The van der Waals surface area contributed by atoms with Crippen molar-refractivity contribution >= 4 is 15.9 Å². The summed E-state index contributed by atoms with van der Waals surface area (Å²) in [5, 5.41) is 5.22. The van der Waals surface area contributed by atoms with Gasteiger partial charge >= 0.3 is 0 Å². The summed E-state index contributed by atoms with van der Waals surface area (Å²) in [6, 6.07) is 13.5. The predicted octanol–water partition coefficient (Wildman–Crippen LogP) is 1.59. The number of rotatable bonds is 4. The van der Waals surface area contributed by atoms with E-state index in [-0.39, 0.29) is 4.90 Å². The Bertz CT molecular complexity index is 768. The van der Waals surface area contributed by atoms with Crippen molar-refractivity contribution in [2.75, 3.05) is 0 Å². The van der Waals surface area contributed by atoms with E-state index in [9.17, 15) is 13.2 Å². The Morgan fingerprint density at radius 1 is 1.05 bits per heavy atom. The lowest BCUT2D eigenvalue weighted by Gasteiger charge is -2.11. The predicted molar refractivity (Wildman–Crippen MR) is 80.9 cm³/mol. The van der Waals surface area contributed by atoms with Crippen LogP contribution in [-0.4, -0.2) is 14.3 Å². The van der Waals surface area contributed by atoms with Crippen molar-refractivity contribution in [2.45, 2.75) is 17.7 Å². The van der Waals surface area contributed by atoms with E-state index < -0.39 is 21.8 Å². The van der Waals surface area contributed by atoms with Crippen LogP contribution in [0.15, 0.2) is 53.4 Å².